The molecule has 3 rings (SSSR count). The first-order valence-corrected chi connectivity index (χ1v) is 9.39. The standard InChI is InChI=1S/C23H25FN2O2/c1-28-16-6-15-26(23(27)20-10-12-21(24)13-11-20)18-22-9-5-14-25(22)17-19-7-3-2-4-8-19/h2-5,7-14H,6,15-18H2,1H3. The van der Waals surface area contributed by atoms with Crippen molar-refractivity contribution < 1.29 is 13.9 Å². The molecule has 5 heteroatoms. The Labute approximate surface area is 165 Å². The zero-order valence-corrected chi connectivity index (χ0v) is 16.1. The second-order valence-electron chi connectivity index (χ2n) is 6.69. The molecule has 0 unspecified atom stereocenters. The lowest BCUT2D eigenvalue weighted by atomic mass is 10.2. The molecule has 4 nitrogen and oxygen atoms in total. The van der Waals surface area contributed by atoms with Gasteiger partial charge in [0.25, 0.3) is 5.91 Å². The van der Waals surface area contributed by atoms with Crippen LogP contribution in [-0.4, -0.2) is 35.6 Å². The van der Waals surface area contributed by atoms with Gasteiger partial charge in [-0.2, -0.15) is 0 Å². The summed E-state index contributed by atoms with van der Waals surface area (Å²) >= 11 is 0. The number of carbonyl (C=O) groups is 1. The Kier molecular flexibility index (Phi) is 6.98. The molecule has 0 radical (unpaired) electrons. The molecule has 2 aromatic carbocycles. The molecule has 0 N–H and O–H groups in total. The van der Waals surface area contributed by atoms with Crippen molar-refractivity contribution in [3.05, 3.63) is 95.6 Å². The van der Waals surface area contributed by atoms with Crippen LogP contribution in [0.15, 0.2) is 72.9 Å². The van der Waals surface area contributed by atoms with Gasteiger partial charge in [-0.15, -0.1) is 0 Å². The van der Waals surface area contributed by atoms with E-state index in [9.17, 15) is 9.18 Å². The topological polar surface area (TPSA) is 34.5 Å². The number of halogens is 1. The van der Waals surface area contributed by atoms with Crippen molar-refractivity contribution in [2.24, 2.45) is 0 Å². The fourth-order valence-corrected chi connectivity index (χ4v) is 3.15. The summed E-state index contributed by atoms with van der Waals surface area (Å²) < 4.78 is 20.5. The number of methoxy groups -OCH3 is 1. The SMILES string of the molecule is COCCCN(Cc1cccn1Cc1ccccc1)C(=O)c1ccc(F)cc1. The van der Waals surface area contributed by atoms with Gasteiger partial charge in [-0.3, -0.25) is 4.79 Å². The zero-order chi connectivity index (χ0) is 19.8. The average molecular weight is 380 g/mol. The number of rotatable bonds is 9. The predicted molar refractivity (Wildman–Crippen MR) is 108 cm³/mol. The van der Waals surface area contributed by atoms with E-state index in [2.05, 4.69) is 16.7 Å². The Morgan fingerprint density at radius 3 is 2.50 bits per heavy atom. The van der Waals surface area contributed by atoms with Crippen LogP contribution in [0.4, 0.5) is 4.39 Å². The molecule has 0 bridgehead atoms. The normalized spacial score (nSPS) is 10.8. The van der Waals surface area contributed by atoms with Crippen LogP contribution in [0.5, 0.6) is 0 Å². The third kappa shape index (κ3) is 5.30. The number of nitrogens with zero attached hydrogens (tertiary/aromatic N) is 2. The van der Waals surface area contributed by atoms with Crippen LogP contribution in [0.1, 0.15) is 28.0 Å². The smallest absolute Gasteiger partial charge is 0.254 e. The third-order valence-electron chi connectivity index (χ3n) is 4.63. The van der Waals surface area contributed by atoms with E-state index in [-0.39, 0.29) is 11.7 Å². The van der Waals surface area contributed by atoms with Crippen molar-refractivity contribution in [1.29, 1.82) is 0 Å². The Bertz CT molecular complexity index is 875. The summed E-state index contributed by atoms with van der Waals surface area (Å²) in [6.07, 6.45) is 2.76. The molecular formula is C23H25FN2O2. The quantitative estimate of drug-likeness (QED) is 0.517. The minimum atomic E-state index is -0.348. The molecule has 0 saturated heterocycles. The van der Waals surface area contributed by atoms with Gasteiger partial charge in [-0.05, 0) is 48.4 Å². The fraction of sp³-hybridized carbons (Fsp3) is 0.261. The molecule has 0 fully saturated rings. The molecule has 0 atom stereocenters. The lowest BCUT2D eigenvalue weighted by Crippen LogP contribution is -2.33. The molecule has 1 heterocycles. The van der Waals surface area contributed by atoms with Gasteiger partial charge in [-0.25, -0.2) is 4.39 Å². The molecule has 146 valence electrons. The van der Waals surface area contributed by atoms with Crippen LogP contribution >= 0.6 is 0 Å². The van der Waals surface area contributed by atoms with E-state index in [0.717, 1.165) is 18.7 Å². The molecule has 0 spiro atoms. The first-order chi connectivity index (χ1) is 13.7. The number of benzene rings is 2. The maximum atomic E-state index is 13.2. The van der Waals surface area contributed by atoms with Gasteiger partial charge in [0.1, 0.15) is 5.82 Å². The van der Waals surface area contributed by atoms with E-state index < -0.39 is 0 Å². The van der Waals surface area contributed by atoms with Crippen molar-refractivity contribution in [3.8, 4) is 0 Å². The van der Waals surface area contributed by atoms with Gasteiger partial charge < -0.3 is 14.2 Å². The maximum Gasteiger partial charge on any atom is 0.254 e. The Balaban J connectivity index is 1.77. The molecule has 1 amide bonds. The molecule has 1 aromatic heterocycles. The highest BCUT2D eigenvalue weighted by Crippen LogP contribution is 2.14. The number of carbonyl (C=O) groups excluding carboxylic acids is 1. The number of hydrogen-bond acceptors (Lipinski definition) is 2. The second kappa shape index (κ2) is 9.85. The Morgan fingerprint density at radius 2 is 1.79 bits per heavy atom. The van der Waals surface area contributed by atoms with Crippen LogP contribution in [0.2, 0.25) is 0 Å². The fourth-order valence-electron chi connectivity index (χ4n) is 3.15. The number of aromatic nitrogens is 1. The van der Waals surface area contributed by atoms with E-state index in [1.165, 1.54) is 29.8 Å². The van der Waals surface area contributed by atoms with Crippen molar-refractivity contribution in [1.82, 2.24) is 9.47 Å². The van der Waals surface area contributed by atoms with Gasteiger partial charge in [-0.1, -0.05) is 30.3 Å². The number of amides is 1. The van der Waals surface area contributed by atoms with E-state index >= 15 is 0 Å². The largest absolute Gasteiger partial charge is 0.385 e. The molecular weight excluding hydrogens is 355 g/mol. The highest BCUT2D eigenvalue weighted by Gasteiger charge is 2.17. The Morgan fingerprint density at radius 1 is 1.04 bits per heavy atom. The maximum absolute atomic E-state index is 13.2. The Hall–Kier alpha value is -2.92. The summed E-state index contributed by atoms with van der Waals surface area (Å²) in [6, 6.07) is 19.9. The molecule has 0 aliphatic carbocycles. The average Bonchev–Trinajstić information content (AvgIpc) is 3.15. The van der Waals surface area contributed by atoms with E-state index in [1.807, 2.05) is 36.5 Å². The summed E-state index contributed by atoms with van der Waals surface area (Å²) in [5, 5.41) is 0. The van der Waals surface area contributed by atoms with Gasteiger partial charge >= 0.3 is 0 Å². The molecule has 28 heavy (non-hydrogen) atoms. The van der Waals surface area contributed by atoms with Crippen LogP contribution in [0, 0.1) is 5.82 Å². The summed E-state index contributed by atoms with van der Waals surface area (Å²) in [4.78, 5) is 14.8. The monoisotopic (exact) mass is 380 g/mol. The highest BCUT2D eigenvalue weighted by molar-refractivity contribution is 5.94. The third-order valence-corrected chi connectivity index (χ3v) is 4.63. The number of hydrogen-bond donors (Lipinski definition) is 0. The summed E-state index contributed by atoms with van der Waals surface area (Å²) in [7, 11) is 1.65. The second-order valence-corrected chi connectivity index (χ2v) is 6.69. The summed E-state index contributed by atoms with van der Waals surface area (Å²) in [5.41, 5.74) is 2.74. The first-order valence-electron chi connectivity index (χ1n) is 9.39. The van der Waals surface area contributed by atoms with E-state index in [4.69, 9.17) is 4.74 Å². The molecule has 0 aliphatic rings. The molecule has 0 saturated carbocycles. The van der Waals surface area contributed by atoms with Crippen LogP contribution in [-0.2, 0) is 17.8 Å². The minimum absolute atomic E-state index is 0.108. The minimum Gasteiger partial charge on any atom is -0.385 e. The van der Waals surface area contributed by atoms with Crippen LogP contribution in [0.3, 0.4) is 0 Å². The van der Waals surface area contributed by atoms with Gasteiger partial charge in [0, 0.05) is 44.3 Å². The molecule has 0 aliphatic heterocycles. The van der Waals surface area contributed by atoms with Crippen LogP contribution < -0.4 is 0 Å². The van der Waals surface area contributed by atoms with Gasteiger partial charge in [0.05, 0.1) is 6.54 Å². The number of ether oxygens (including phenoxy) is 1. The van der Waals surface area contributed by atoms with Gasteiger partial charge in [0.2, 0.25) is 0 Å². The summed E-state index contributed by atoms with van der Waals surface area (Å²) in [5.74, 6) is -0.456. The van der Waals surface area contributed by atoms with Crippen molar-refractivity contribution in [3.63, 3.8) is 0 Å². The first kappa shape index (κ1) is 19.8. The zero-order valence-electron chi connectivity index (χ0n) is 16.1. The lowest BCUT2D eigenvalue weighted by Gasteiger charge is -2.24. The predicted octanol–water partition coefficient (Wildman–Crippen LogP) is 4.35. The van der Waals surface area contributed by atoms with Crippen molar-refractivity contribution in [2.45, 2.75) is 19.5 Å². The van der Waals surface area contributed by atoms with E-state index in [0.29, 0.717) is 25.3 Å². The van der Waals surface area contributed by atoms with E-state index in [1.54, 1.807) is 12.0 Å². The lowest BCUT2D eigenvalue weighted by molar-refractivity contribution is 0.0720. The van der Waals surface area contributed by atoms with Gasteiger partial charge in [0.15, 0.2) is 0 Å². The van der Waals surface area contributed by atoms with Crippen molar-refractivity contribution >= 4 is 5.91 Å². The highest BCUT2D eigenvalue weighted by atomic mass is 19.1. The summed E-state index contributed by atoms with van der Waals surface area (Å²) in [6.45, 7) is 2.39. The van der Waals surface area contributed by atoms with Crippen LogP contribution in [0.25, 0.3) is 0 Å². The molecule has 3 aromatic rings. The van der Waals surface area contributed by atoms with Crippen molar-refractivity contribution in [2.75, 3.05) is 20.3 Å².